The fourth-order valence-corrected chi connectivity index (χ4v) is 4.54. The van der Waals surface area contributed by atoms with Crippen LogP contribution in [0.5, 0.6) is 0 Å². The van der Waals surface area contributed by atoms with E-state index in [0.29, 0.717) is 23.7 Å². The quantitative estimate of drug-likeness (QED) is 0.847. The predicted molar refractivity (Wildman–Crippen MR) is 85.4 cm³/mol. The smallest absolute Gasteiger partial charge is 0.242 e. The molecule has 0 bridgehead atoms. The maximum atomic E-state index is 12.5. The summed E-state index contributed by atoms with van der Waals surface area (Å²) in [5.41, 5.74) is 0.701. The highest BCUT2D eigenvalue weighted by molar-refractivity contribution is 7.89. The number of likely N-dealkylation sites (tertiary alicyclic amines) is 1. The minimum absolute atomic E-state index is 0.0772. The Bertz CT molecular complexity index is 622. The number of halogens is 2. The molecule has 1 aliphatic heterocycles. The lowest BCUT2D eigenvalue weighted by molar-refractivity contribution is 0.407. The van der Waals surface area contributed by atoms with Crippen molar-refractivity contribution in [2.24, 2.45) is 0 Å². The second kappa shape index (κ2) is 6.81. The molecule has 1 heterocycles. The number of nitrogens with zero attached hydrogens (tertiary/aromatic N) is 1. The van der Waals surface area contributed by atoms with Gasteiger partial charge in [-0.05, 0) is 44.8 Å². The number of benzene rings is 1. The number of hydrogen-bond acceptors (Lipinski definition) is 4. The molecule has 8 heteroatoms. The number of likely N-dealkylation sites (N-methyl/N-ethyl adjacent to an activating group) is 1. The molecule has 1 aliphatic rings. The molecule has 21 heavy (non-hydrogen) atoms. The highest BCUT2D eigenvalue weighted by Crippen LogP contribution is 2.29. The van der Waals surface area contributed by atoms with Gasteiger partial charge in [0.05, 0.1) is 5.02 Å². The van der Waals surface area contributed by atoms with Crippen LogP contribution in [0.25, 0.3) is 0 Å². The molecule has 1 fully saturated rings. The van der Waals surface area contributed by atoms with Crippen LogP contribution in [0, 0.1) is 0 Å². The fourth-order valence-electron chi connectivity index (χ4n) is 2.42. The van der Waals surface area contributed by atoms with E-state index in [1.807, 2.05) is 7.05 Å². The van der Waals surface area contributed by atoms with Gasteiger partial charge < -0.3 is 10.2 Å². The third-order valence-corrected chi connectivity index (χ3v) is 5.81. The highest BCUT2D eigenvalue weighted by atomic mass is 35.5. The van der Waals surface area contributed by atoms with Gasteiger partial charge in [-0.25, -0.2) is 13.1 Å². The zero-order valence-electron chi connectivity index (χ0n) is 12.0. The Morgan fingerprint density at radius 1 is 1.33 bits per heavy atom. The van der Waals surface area contributed by atoms with Crippen LogP contribution < -0.4 is 10.0 Å². The molecule has 5 nitrogen and oxygen atoms in total. The summed E-state index contributed by atoms with van der Waals surface area (Å²) in [7, 11) is 0.0860. The third kappa shape index (κ3) is 4.09. The van der Waals surface area contributed by atoms with Gasteiger partial charge in [-0.15, -0.1) is 0 Å². The fraction of sp³-hybridized carbons (Fsp3) is 0.538. The average molecular weight is 352 g/mol. The lowest BCUT2D eigenvalue weighted by atomic mass is 10.2. The first kappa shape index (κ1) is 17.0. The Labute approximate surface area is 135 Å². The largest absolute Gasteiger partial charge is 0.316 e. The lowest BCUT2D eigenvalue weighted by Gasteiger charge is -2.15. The second-order valence-electron chi connectivity index (χ2n) is 5.27. The number of hydrogen-bond donors (Lipinski definition) is 2. The Kier molecular flexibility index (Phi) is 5.51. The van der Waals surface area contributed by atoms with Gasteiger partial charge in [0.25, 0.3) is 0 Å². The maximum Gasteiger partial charge on any atom is 0.242 e. The molecule has 1 unspecified atom stereocenters. The third-order valence-electron chi connectivity index (χ3n) is 3.47. The van der Waals surface area contributed by atoms with Gasteiger partial charge in [0.2, 0.25) is 10.0 Å². The van der Waals surface area contributed by atoms with Crippen LogP contribution >= 0.6 is 23.2 Å². The molecule has 0 spiro atoms. The molecule has 1 aromatic rings. The molecule has 0 saturated carbocycles. The van der Waals surface area contributed by atoms with Crippen LogP contribution in [0.3, 0.4) is 0 Å². The standard InChI is InChI=1S/C13H19Cl2N3O2S/c1-16-7-9-5-13(12(15)6-11(9)14)21(19,20)17-10-3-4-18(2)8-10/h5-6,10,16-17H,3-4,7-8H2,1-2H3. The van der Waals surface area contributed by atoms with Gasteiger partial charge in [-0.1, -0.05) is 23.2 Å². The topological polar surface area (TPSA) is 61.4 Å². The summed E-state index contributed by atoms with van der Waals surface area (Å²) in [6, 6.07) is 2.92. The zero-order chi connectivity index (χ0) is 15.6. The van der Waals surface area contributed by atoms with E-state index in [2.05, 4.69) is 14.9 Å². The molecule has 0 amide bonds. The predicted octanol–water partition coefficient (Wildman–Crippen LogP) is 1.70. The Morgan fingerprint density at radius 3 is 2.62 bits per heavy atom. The van der Waals surface area contributed by atoms with E-state index in [9.17, 15) is 8.42 Å². The molecule has 0 radical (unpaired) electrons. The highest BCUT2D eigenvalue weighted by Gasteiger charge is 2.27. The Balaban J connectivity index is 2.28. The van der Waals surface area contributed by atoms with Crippen LogP contribution in [0.4, 0.5) is 0 Å². The first-order valence-electron chi connectivity index (χ1n) is 6.67. The van der Waals surface area contributed by atoms with Gasteiger partial charge in [-0.3, -0.25) is 0 Å². The van der Waals surface area contributed by atoms with Gasteiger partial charge in [-0.2, -0.15) is 0 Å². The number of sulfonamides is 1. The average Bonchev–Trinajstić information content (AvgIpc) is 2.77. The van der Waals surface area contributed by atoms with E-state index < -0.39 is 10.0 Å². The summed E-state index contributed by atoms with van der Waals surface area (Å²) >= 11 is 12.1. The van der Waals surface area contributed by atoms with Gasteiger partial charge in [0.1, 0.15) is 4.90 Å². The summed E-state index contributed by atoms with van der Waals surface area (Å²) in [6.45, 7) is 2.06. The van der Waals surface area contributed by atoms with Crippen LogP contribution in [-0.2, 0) is 16.6 Å². The molecule has 1 aromatic carbocycles. The van der Waals surface area contributed by atoms with Crippen molar-refractivity contribution in [1.82, 2.24) is 14.9 Å². The molecule has 0 aliphatic carbocycles. The summed E-state index contributed by atoms with van der Waals surface area (Å²) < 4.78 is 27.7. The molecule has 2 rings (SSSR count). The summed E-state index contributed by atoms with van der Waals surface area (Å²) in [4.78, 5) is 2.16. The molecule has 1 saturated heterocycles. The monoisotopic (exact) mass is 351 g/mol. The van der Waals surface area contributed by atoms with Crippen molar-refractivity contribution in [1.29, 1.82) is 0 Å². The summed E-state index contributed by atoms with van der Waals surface area (Å²) in [5, 5.41) is 3.54. The van der Waals surface area contributed by atoms with Crippen molar-refractivity contribution in [2.45, 2.75) is 23.9 Å². The van der Waals surface area contributed by atoms with E-state index in [0.717, 1.165) is 13.0 Å². The lowest BCUT2D eigenvalue weighted by Crippen LogP contribution is -2.36. The molecule has 0 aromatic heterocycles. The maximum absolute atomic E-state index is 12.5. The van der Waals surface area contributed by atoms with Crippen LogP contribution in [0.2, 0.25) is 10.0 Å². The summed E-state index contributed by atoms with van der Waals surface area (Å²) in [6.07, 6.45) is 0.796. The first-order chi connectivity index (χ1) is 9.83. The molecule has 118 valence electrons. The van der Waals surface area contributed by atoms with Crippen molar-refractivity contribution in [2.75, 3.05) is 27.2 Å². The molecule has 1 atom stereocenters. The van der Waals surface area contributed by atoms with Crippen LogP contribution in [0.15, 0.2) is 17.0 Å². The van der Waals surface area contributed by atoms with Crippen LogP contribution in [0.1, 0.15) is 12.0 Å². The first-order valence-corrected chi connectivity index (χ1v) is 8.91. The molecule has 2 N–H and O–H groups in total. The van der Waals surface area contributed by atoms with E-state index in [-0.39, 0.29) is 16.0 Å². The van der Waals surface area contributed by atoms with Gasteiger partial charge >= 0.3 is 0 Å². The van der Waals surface area contributed by atoms with E-state index >= 15 is 0 Å². The summed E-state index contributed by atoms with van der Waals surface area (Å²) in [5.74, 6) is 0. The van der Waals surface area contributed by atoms with Crippen LogP contribution in [-0.4, -0.2) is 46.5 Å². The number of nitrogens with one attached hydrogen (secondary N) is 2. The minimum Gasteiger partial charge on any atom is -0.316 e. The number of rotatable bonds is 5. The normalized spacial score (nSPS) is 20.1. The van der Waals surface area contributed by atoms with Gasteiger partial charge in [0, 0.05) is 24.2 Å². The Hall–Kier alpha value is -0.370. The van der Waals surface area contributed by atoms with Crippen molar-refractivity contribution in [3.05, 3.63) is 27.7 Å². The van der Waals surface area contributed by atoms with Crippen molar-refractivity contribution in [3.63, 3.8) is 0 Å². The van der Waals surface area contributed by atoms with Crippen molar-refractivity contribution < 1.29 is 8.42 Å². The van der Waals surface area contributed by atoms with Gasteiger partial charge in [0.15, 0.2) is 0 Å². The Morgan fingerprint density at radius 2 is 2.05 bits per heavy atom. The van der Waals surface area contributed by atoms with E-state index in [1.165, 1.54) is 12.1 Å². The minimum atomic E-state index is -3.65. The zero-order valence-corrected chi connectivity index (χ0v) is 14.3. The molecular formula is C13H19Cl2N3O2S. The SMILES string of the molecule is CNCc1cc(S(=O)(=O)NC2CCN(C)C2)c(Cl)cc1Cl. The van der Waals surface area contributed by atoms with E-state index in [1.54, 1.807) is 7.05 Å². The molecular weight excluding hydrogens is 333 g/mol. The second-order valence-corrected chi connectivity index (χ2v) is 7.77. The van der Waals surface area contributed by atoms with Crippen molar-refractivity contribution >= 4 is 33.2 Å². The van der Waals surface area contributed by atoms with E-state index in [4.69, 9.17) is 23.2 Å². The van der Waals surface area contributed by atoms with Crippen molar-refractivity contribution in [3.8, 4) is 0 Å².